The number of benzene rings is 1. The van der Waals surface area contributed by atoms with Crippen molar-refractivity contribution < 1.29 is 8.42 Å². The topological polar surface area (TPSA) is 96.9 Å². The first-order chi connectivity index (χ1) is 10.9. The highest BCUT2D eigenvalue weighted by Crippen LogP contribution is 2.22. The number of sulfone groups is 1. The molecule has 0 amide bonds. The van der Waals surface area contributed by atoms with Crippen LogP contribution in [0, 0.1) is 6.92 Å². The molecule has 9 heteroatoms. The minimum Gasteiger partial charge on any atom is -0.349 e. The molecular weight excluding hydrogens is 382 g/mol. The third-order valence-electron chi connectivity index (χ3n) is 3.55. The van der Waals surface area contributed by atoms with Gasteiger partial charge in [-0.1, -0.05) is 15.9 Å². The molecule has 1 aliphatic heterocycles. The van der Waals surface area contributed by atoms with Crippen LogP contribution in [0.2, 0.25) is 0 Å². The fraction of sp³-hybridized carbons (Fsp3) is 0.357. The number of anilines is 3. The van der Waals surface area contributed by atoms with Crippen LogP contribution in [0.1, 0.15) is 12.0 Å². The molecule has 0 radical (unpaired) electrons. The average molecular weight is 398 g/mol. The van der Waals surface area contributed by atoms with Crippen LogP contribution in [0.15, 0.2) is 28.9 Å². The van der Waals surface area contributed by atoms with E-state index in [2.05, 4.69) is 41.7 Å². The summed E-state index contributed by atoms with van der Waals surface area (Å²) in [5, 5.41) is 14.0. The zero-order valence-electron chi connectivity index (χ0n) is 12.5. The van der Waals surface area contributed by atoms with Gasteiger partial charge in [0.15, 0.2) is 15.7 Å². The number of aryl methyl sites for hydroxylation is 1. The standard InChI is InChI=1S/C14H16BrN5O2S/c1-9-6-10(2-3-12(9)15)17-13-7-16-20-14(19-13)18-11-4-5-23(21,22)8-11/h2-3,6-7,11H,4-5,8H2,1H3,(H2,17,18,19,20). The molecule has 1 aromatic heterocycles. The molecule has 1 saturated heterocycles. The summed E-state index contributed by atoms with van der Waals surface area (Å²) in [7, 11) is -2.94. The Labute approximate surface area is 143 Å². The third kappa shape index (κ3) is 4.17. The van der Waals surface area contributed by atoms with Crippen molar-refractivity contribution in [1.82, 2.24) is 15.2 Å². The van der Waals surface area contributed by atoms with Crippen LogP contribution in [-0.4, -0.2) is 41.1 Å². The van der Waals surface area contributed by atoms with Crippen molar-refractivity contribution in [3.8, 4) is 0 Å². The van der Waals surface area contributed by atoms with Crippen molar-refractivity contribution in [3.05, 3.63) is 34.4 Å². The second kappa shape index (κ2) is 6.40. The summed E-state index contributed by atoms with van der Waals surface area (Å²) in [6.45, 7) is 2.00. The third-order valence-corrected chi connectivity index (χ3v) is 6.21. The predicted molar refractivity (Wildman–Crippen MR) is 92.7 cm³/mol. The van der Waals surface area contributed by atoms with Gasteiger partial charge in [-0.2, -0.15) is 10.1 Å². The maximum Gasteiger partial charge on any atom is 0.244 e. The van der Waals surface area contributed by atoms with E-state index in [1.807, 2.05) is 25.1 Å². The molecule has 1 unspecified atom stereocenters. The monoisotopic (exact) mass is 397 g/mol. The number of rotatable bonds is 4. The Kier molecular flexibility index (Phi) is 4.49. The first-order valence-electron chi connectivity index (χ1n) is 7.11. The highest BCUT2D eigenvalue weighted by atomic mass is 79.9. The lowest BCUT2D eigenvalue weighted by Gasteiger charge is -2.11. The molecule has 1 atom stereocenters. The van der Waals surface area contributed by atoms with E-state index in [4.69, 9.17) is 0 Å². The highest BCUT2D eigenvalue weighted by molar-refractivity contribution is 9.10. The van der Waals surface area contributed by atoms with Crippen molar-refractivity contribution in [3.63, 3.8) is 0 Å². The molecule has 0 aliphatic carbocycles. The van der Waals surface area contributed by atoms with Gasteiger partial charge in [-0.15, -0.1) is 5.10 Å². The smallest absolute Gasteiger partial charge is 0.244 e. The first-order valence-corrected chi connectivity index (χ1v) is 9.72. The van der Waals surface area contributed by atoms with Crippen LogP contribution < -0.4 is 10.6 Å². The fourth-order valence-electron chi connectivity index (χ4n) is 2.39. The molecule has 0 bridgehead atoms. The van der Waals surface area contributed by atoms with Gasteiger partial charge in [-0.05, 0) is 37.1 Å². The summed E-state index contributed by atoms with van der Waals surface area (Å²) in [4.78, 5) is 4.33. The Morgan fingerprint density at radius 1 is 1.35 bits per heavy atom. The molecule has 1 aliphatic rings. The maximum absolute atomic E-state index is 11.5. The van der Waals surface area contributed by atoms with Crippen LogP contribution in [-0.2, 0) is 9.84 Å². The van der Waals surface area contributed by atoms with E-state index in [0.717, 1.165) is 15.7 Å². The molecule has 3 rings (SSSR count). The maximum atomic E-state index is 11.5. The molecule has 0 spiro atoms. The molecule has 2 heterocycles. The zero-order chi connectivity index (χ0) is 16.4. The number of nitrogens with zero attached hydrogens (tertiary/aromatic N) is 3. The van der Waals surface area contributed by atoms with Crippen LogP contribution in [0.5, 0.6) is 0 Å². The molecule has 2 aromatic rings. The number of halogens is 1. The molecule has 23 heavy (non-hydrogen) atoms. The number of nitrogens with one attached hydrogen (secondary N) is 2. The number of hydrogen-bond donors (Lipinski definition) is 2. The average Bonchev–Trinajstić information content (AvgIpc) is 2.82. The van der Waals surface area contributed by atoms with Gasteiger partial charge >= 0.3 is 0 Å². The second-order valence-corrected chi connectivity index (χ2v) is 8.58. The van der Waals surface area contributed by atoms with E-state index in [0.29, 0.717) is 18.2 Å². The quantitative estimate of drug-likeness (QED) is 0.816. The predicted octanol–water partition coefficient (Wildman–Crippen LogP) is 2.29. The van der Waals surface area contributed by atoms with E-state index < -0.39 is 9.84 Å². The zero-order valence-corrected chi connectivity index (χ0v) is 14.9. The molecule has 2 N–H and O–H groups in total. The Balaban J connectivity index is 1.71. The summed E-state index contributed by atoms with van der Waals surface area (Å²) in [6.07, 6.45) is 2.09. The van der Waals surface area contributed by atoms with Gasteiger partial charge in [0.05, 0.1) is 17.7 Å². The van der Waals surface area contributed by atoms with Gasteiger partial charge in [0, 0.05) is 16.2 Å². The van der Waals surface area contributed by atoms with Crippen molar-refractivity contribution in [2.24, 2.45) is 0 Å². The molecule has 7 nitrogen and oxygen atoms in total. The van der Waals surface area contributed by atoms with Gasteiger partial charge in [-0.25, -0.2) is 8.42 Å². The van der Waals surface area contributed by atoms with E-state index in [1.54, 1.807) is 0 Å². The van der Waals surface area contributed by atoms with Gasteiger partial charge in [-0.3, -0.25) is 0 Å². The van der Waals surface area contributed by atoms with E-state index >= 15 is 0 Å². The molecular formula is C14H16BrN5O2S. The van der Waals surface area contributed by atoms with Gasteiger partial charge in [0.25, 0.3) is 0 Å². The minimum atomic E-state index is -2.94. The lowest BCUT2D eigenvalue weighted by molar-refractivity contribution is 0.602. The summed E-state index contributed by atoms with van der Waals surface area (Å²) < 4.78 is 24.0. The van der Waals surface area contributed by atoms with Gasteiger partial charge in [0.1, 0.15) is 0 Å². The molecule has 0 saturated carbocycles. The molecule has 1 aromatic carbocycles. The summed E-state index contributed by atoms with van der Waals surface area (Å²) in [6, 6.07) is 5.71. The normalized spacial score (nSPS) is 19.5. The Bertz CT molecular complexity index is 828. The summed E-state index contributed by atoms with van der Waals surface area (Å²) >= 11 is 3.46. The van der Waals surface area contributed by atoms with Crippen molar-refractivity contribution in [2.45, 2.75) is 19.4 Å². The van der Waals surface area contributed by atoms with E-state index in [-0.39, 0.29) is 17.5 Å². The fourth-order valence-corrected chi connectivity index (χ4v) is 4.31. The summed E-state index contributed by atoms with van der Waals surface area (Å²) in [5.41, 5.74) is 1.99. The van der Waals surface area contributed by atoms with Crippen molar-refractivity contribution in [1.29, 1.82) is 0 Å². The first kappa shape index (κ1) is 16.1. The van der Waals surface area contributed by atoms with Crippen LogP contribution in [0.3, 0.4) is 0 Å². The largest absolute Gasteiger partial charge is 0.349 e. The van der Waals surface area contributed by atoms with Crippen LogP contribution in [0.25, 0.3) is 0 Å². The lowest BCUT2D eigenvalue weighted by atomic mass is 10.2. The molecule has 1 fully saturated rings. The SMILES string of the molecule is Cc1cc(Nc2cnnc(NC3CCS(=O)(=O)C3)n2)ccc1Br. The van der Waals surface area contributed by atoms with E-state index in [9.17, 15) is 8.42 Å². The van der Waals surface area contributed by atoms with Crippen LogP contribution >= 0.6 is 15.9 Å². The van der Waals surface area contributed by atoms with Crippen molar-refractivity contribution in [2.75, 3.05) is 22.1 Å². The Morgan fingerprint density at radius 3 is 2.87 bits per heavy atom. The summed E-state index contributed by atoms with van der Waals surface area (Å²) in [5.74, 6) is 1.18. The lowest BCUT2D eigenvalue weighted by Crippen LogP contribution is -2.22. The number of aromatic nitrogens is 3. The Hall–Kier alpha value is -1.74. The van der Waals surface area contributed by atoms with Gasteiger partial charge < -0.3 is 10.6 Å². The highest BCUT2D eigenvalue weighted by Gasteiger charge is 2.28. The van der Waals surface area contributed by atoms with Crippen LogP contribution in [0.4, 0.5) is 17.5 Å². The molecule has 122 valence electrons. The minimum absolute atomic E-state index is 0.111. The van der Waals surface area contributed by atoms with Crippen molar-refractivity contribution >= 4 is 43.2 Å². The van der Waals surface area contributed by atoms with Gasteiger partial charge in [0.2, 0.25) is 5.95 Å². The second-order valence-electron chi connectivity index (χ2n) is 5.50. The van der Waals surface area contributed by atoms with E-state index in [1.165, 1.54) is 6.20 Å². The number of hydrogen-bond acceptors (Lipinski definition) is 7. The Morgan fingerprint density at radius 2 is 2.17 bits per heavy atom.